The standard InChI is InChI=1S/C36H38N6O2/c1-21-9-7-8-10-31(21)35-23(3)36(39-25(5)38-35)42-20-26(16-33(42)24(4)43)17-34(44)40-29-12-13-30(22(2)15-29)27-11-14-32-28(18-27)19-37-41(32)6/h7-15,18-19,26,33H,16-17,20H2,1-6H3,(H,40,44)/t26-,33+/m1/s1. The first kappa shape index (κ1) is 29.2. The molecule has 6 rings (SSSR count). The lowest BCUT2D eigenvalue weighted by Crippen LogP contribution is -2.36. The highest BCUT2D eigenvalue weighted by Crippen LogP contribution is 2.36. The molecular weight excluding hydrogens is 548 g/mol. The minimum atomic E-state index is -0.329. The smallest absolute Gasteiger partial charge is 0.224 e. The normalized spacial score (nSPS) is 16.5. The van der Waals surface area contributed by atoms with Gasteiger partial charge >= 0.3 is 0 Å². The molecule has 1 N–H and O–H groups in total. The number of anilines is 2. The topological polar surface area (TPSA) is 93.0 Å². The molecule has 2 aromatic heterocycles. The predicted molar refractivity (Wildman–Crippen MR) is 176 cm³/mol. The van der Waals surface area contributed by atoms with Crippen LogP contribution in [0, 0.1) is 33.6 Å². The number of benzene rings is 3. The zero-order chi connectivity index (χ0) is 31.1. The molecule has 3 heterocycles. The number of rotatable bonds is 7. The van der Waals surface area contributed by atoms with E-state index in [4.69, 9.17) is 9.97 Å². The van der Waals surface area contributed by atoms with Gasteiger partial charge in [-0.1, -0.05) is 36.4 Å². The van der Waals surface area contributed by atoms with Gasteiger partial charge in [0.15, 0.2) is 5.78 Å². The van der Waals surface area contributed by atoms with Crippen molar-refractivity contribution < 1.29 is 9.59 Å². The Labute approximate surface area is 258 Å². The quantitative estimate of drug-likeness (QED) is 0.227. The van der Waals surface area contributed by atoms with Gasteiger partial charge in [-0.05, 0) is 93.5 Å². The molecule has 8 nitrogen and oxygen atoms in total. The van der Waals surface area contributed by atoms with Crippen molar-refractivity contribution in [3.05, 3.63) is 89.4 Å². The van der Waals surface area contributed by atoms with Crippen LogP contribution >= 0.6 is 0 Å². The zero-order valence-electron chi connectivity index (χ0n) is 26.2. The second-order valence-corrected chi connectivity index (χ2v) is 12.1. The van der Waals surface area contributed by atoms with Crippen LogP contribution in [0.15, 0.2) is 66.9 Å². The lowest BCUT2D eigenvalue weighted by molar-refractivity contribution is -0.119. The van der Waals surface area contributed by atoms with E-state index in [0.717, 1.165) is 61.5 Å². The van der Waals surface area contributed by atoms with Gasteiger partial charge in [0.25, 0.3) is 0 Å². The number of nitrogens with zero attached hydrogens (tertiary/aromatic N) is 5. The van der Waals surface area contributed by atoms with Gasteiger partial charge in [-0.3, -0.25) is 14.3 Å². The number of amides is 1. The minimum Gasteiger partial charge on any atom is -0.346 e. The number of hydrogen-bond donors (Lipinski definition) is 1. The van der Waals surface area contributed by atoms with Crippen molar-refractivity contribution in [1.29, 1.82) is 0 Å². The average molecular weight is 587 g/mol. The van der Waals surface area contributed by atoms with Crippen LogP contribution in [0.25, 0.3) is 33.3 Å². The Hall–Kier alpha value is -4.85. The summed E-state index contributed by atoms with van der Waals surface area (Å²) < 4.78 is 1.87. The van der Waals surface area contributed by atoms with Crippen LogP contribution in [0.4, 0.5) is 11.5 Å². The fourth-order valence-corrected chi connectivity index (χ4v) is 6.56. The lowest BCUT2D eigenvalue weighted by atomic mass is 9.98. The van der Waals surface area contributed by atoms with Crippen molar-refractivity contribution in [2.45, 2.75) is 53.5 Å². The minimum absolute atomic E-state index is 0.0204. The monoisotopic (exact) mass is 586 g/mol. The number of hydrogen-bond acceptors (Lipinski definition) is 6. The summed E-state index contributed by atoms with van der Waals surface area (Å²) in [5, 5.41) is 8.54. The SMILES string of the molecule is CC(=O)[C@@H]1C[C@H](CC(=O)Nc2ccc(-c3ccc4c(cnn4C)c3)c(C)c2)CN1c1nc(C)nc(-c2ccccc2C)c1C. The van der Waals surface area contributed by atoms with Crippen LogP contribution in [-0.4, -0.2) is 44.0 Å². The van der Waals surface area contributed by atoms with Crippen molar-refractivity contribution in [1.82, 2.24) is 19.7 Å². The highest BCUT2D eigenvalue weighted by molar-refractivity contribution is 5.93. The van der Waals surface area contributed by atoms with Crippen LogP contribution < -0.4 is 10.2 Å². The van der Waals surface area contributed by atoms with E-state index in [1.165, 1.54) is 0 Å². The maximum absolute atomic E-state index is 13.3. The Morgan fingerprint density at radius 1 is 0.932 bits per heavy atom. The molecule has 3 aromatic carbocycles. The van der Waals surface area contributed by atoms with E-state index in [0.29, 0.717) is 25.2 Å². The fourth-order valence-electron chi connectivity index (χ4n) is 6.56. The summed E-state index contributed by atoms with van der Waals surface area (Å²) in [7, 11) is 1.94. The van der Waals surface area contributed by atoms with Crippen LogP contribution in [0.1, 0.15) is 42.3 Å². The number of ketones is 1. The van der Waals surface area contributed by atoms with Crippen LogP contribution in [0.5, 0.6) is 0 Å². The molecule has 1 saturated heterocycles. The second kappa shape index (κ2) is 11.7. The molecule has 0 saturated carbocycles. The summed E-state index contributed by atoms with van der Waals surface area (Å²) in [6.45, 7) is 10.2. The average Bonchev–Trinajstić information content (AvgIpc) is 3.57. The van der Waals surface area contributed by atoms with Crippen LogP contribution in [0.3, 0.4) is 0 Å². The van der Waals surface area contributed by atoms with E-state index in [9.17, 15) is 9.59 Å². The highest BCUT2D eigenvalue weighted by Gasteiger charge is 2.38. The molecule has 1 aliphatic heterocycles. The Bertz CT molecular complexity index is 1910. The Kier molecular flexibility index (Phi) is 7.76. The van der Waals surface area contributed by atoms with Gasteiger partial charge < -0.3 is 10.2 Å². The van der Waals surface area contributed by atoms with E-state index in [-0.39, 0.29) is 23.7 Å². The maximum Gasteiger partial charge on any atom is 0.224 e. The van der Waals surface area contributed by atoms with Crippen molar-refractivity contribution in [3.63, 3.8) is 0 Å². The van der Waals surface area contributed by atoms with Gasteiger partial charge in [-0.15, -0.1) is 0 Å². The first-order valence-corrected chi connectivity index (χ1v) is 15.1. The van der Waals surface area contributed by atoms with Gasteiger partial charge in [-0.25, -0.2) is 9.97 Å². The molecule has 0 bridgehead atoms. The van der Waals surface area contributed by atoms with Gasteiger partial charge in [-0.2, -0.15) is 5.10 Å². The molecule has 0 spiro atoms. The largest absolute Gasteiger partial charge is 0.346 e. The van der Waals surface area contributed by atoms with E-state index in [2.05, 4.69) is 65.6 Å². The summed E-state index contributed by atoms with van der Waals surface area (Å²) in [5.74, 6) is 1.48. The fraction of sp³-hybridized carbons (Fsp3) is 0.306. The Balaban J connectivity index is 1.18. The van der Waals surface area contributed by atoms with Gasteiger partial charge in [0.2, 0.25) is 5.91 Å². The first-order valence-electron chi connectivity index (χ1n) is 15.1. The van der Waals surface area contributed by atoms with Crippen LogP contribution in [0.2, 0.25) is 0 Å². The third kappa shape index (κ3) is 5.60. The summed E-state index contributed by atoms with van der Waals surface area (Å²) in [4.78, 5) is 37.7. The molecule has 44 heavy (non-hydrogen) atoms. The number of carbonyl (C=O) groups excluding carboxylic acids is 2. The van der Waals surface area contributed by atoms with Crippen molar-refractivity contribution in [3.8, 4) is 22.4 Å². The number of Topliss-reactive ketones (excluding diaryl/α,β-unsaturated/α-hetero) is 1. The third-order valence-corrected chi connectivity index (χ3v) is 8.80. The summed E-state index contributed by atoms with van der Waals surface area (Å²) in [6, 6.07) is 20.2. The predicted octanol–water partition coefficient (Wildman–Crippen LogP) is 6.74. The molecular formula is C36H38N6O2. The third-order valence-electron chi connectivity index (χ3n) is 8.80. The van der Waals surface area contributed by atoms with E-state index in [1.807, 2.05) is 56.0 Å². The molecule has 0 radical (unpaired) electrons. The maximum atomic E-state index is 13.3. The van der Waals surface area contributed by atoms with E-state index in [1.54, 1.807) is 6.92 Å². The number of fused-ring (bicyclic) bond motifs is 1. The molecule has 0 aliphatic carbocycles. The van der Waals surface area contributed by atoms with Gasteiger partial charge in [0.1, 0.15) is 11.6 Å². The molecule has 1 aliphatic rings. The summed E-state index contributed by atoms with van der Waals surface area (Å²) in [6.07, 6.45) is 2.81. The molecule has 224 valence electrons. The van der Waals surface area contributed by atoms with Gasteiger partial charge in [0, 0.05) is 42.2 Å². The van der Waals surface area contributed by atoms with E-state index >= 15 is 0 Å². The van der Waals surface area contributed by atoms with Gasteiger partial charge in [0.05, 0.1) is 23.4 Å². The number of carbonyl (C=O) groups is 2. The number of aromatic nitrogens is 4. The summed E-state index contributed by atoms with van der Waals surface area (Å²) >= 11 is 0. The lowest BCUT2D eigenvalue weighted by Gasteiger charge is -2.26. The highest BCUT2D eigenvalue weighted by atomic mass is 16.1. The van der Waals surface area contributed by atoms with Crippen molar-refractivity contribution in [2.24, 2.45) is 13.0 Å². The molecule has 5 aromatic rings. The van der Waals surface area contributed by atoms with E-state index < -0.39 is 0 Å². The van der Waals surface area contributed by atoms with Crippen molar-refractivity contribution in [2.75, 3.05) is 16.8 Å². The Morgan fingerprint density at radius 2 is 1.73 bits per heavy atom. The molecule has 8 heteroatoms. The molecule has 0 unspecified atom stereocenters. The molecule has 1 amide bonds. The first-order chi connectivity index (χ1) is 21.1. The van der Waals surface area contributed by atoms with Crippen molar-refractivity contribution >= 4 is 34.1 Å². The number of aryl methyl sites for hydroxylation is 4. The zero-order valence-corrected chi connectivity index (χ0v) is 26.2. The summed E-state index contributed by atoms with van der Waals surface area (Å²) in [5.41, 5.74) is 9.18. The Morgan fingerprint density at radius 3 is 2.48 bits per heavy atom. The number of nitrogens with one attached hydrogen (secondary N) is 1. The second-order valence-electron chi connectivity index (χ2n) is 12.1. The molecule has 2 atom stereocenters. The van der Waals surface area contributed by atoms with Crippen LogP contribution in [-0.2, 0) is 16.6 Å². The molecule has 1 fully saturated rings.